The number of nitrogens with two attached hydrogens (primary N) is 3. The molecule has 0 rings (SSSR count). The Balaban J connectivity index is 4.35. The lowest BCUT2D eigenvalue weighted by molar-refractivity contribution is -0.133. The number of rotatable bonds is 30. The van der Waals surface area contributed by atoms with E-state index in [1.165, 1.54) is 77.0 Å². The highest BCUT2D eigenvalue weighted by atomic mass is 16.2. The van der Waals surface area contributed by atoms with Crippen molar-refractivity contribution in [3.63, 3.8) is 0 Å². The maximum absolute atomic E-state index is 13.1. The number of carbonyl (C=O) groups is 3. The molecule has 0 bridgehead atoms. The van der Waals surface area contributed by atoms with Crippen molar-refractivity contribution in [2.24, 2.45) is 23.1 Å². The summed E-state index contributed by atoms with van der Waals surface area (Å²) in [7, 11) is 0. The molecule has 236 valence electrons. The molecule has 0 radical (unpaired) electrons. The van der Waals surface area contributed by atoms with Gasteiger partial charge in [-0.1, -0.05) is 110 Å². The van der Waals surface area contributed by atoms with E-state index in [4.69, 9.17) is 17.2 Å². The van der Waals surface area contributed by atoms with E-state index >= 15 is 0 Å². The van der Waals surface area contributed by atoms with Gasteiger partial charge in [0.1, 0.15) is 5.78 Å². The number of Topliss-reactive ketones (excluding diaryl/α,β-unsaturated/α-hetero) is 2. The minimum absolute atomic E-state index is 0.0203. The van der Waals surface area contributed by atoms with E-state index in [0.29, 0.717) is 38.8 Å². The number of hydrogen-bond acceptors (Lipinski definition) is 6. The van der Waals surface area contributed by atoms with Crippen molar-refractivity contribution < 1.29 is 14.4 Å². The second kappa shape index (κ2) is 27.8. The van der Waals surface area contributed by atoms with Crippen molar-refractivity contribution in [1.82, 2.24) is 5.32 Å². The maximum Gasteiger partial charge on any atom is 0.224 e. The number of nitrogens with one attached hydrogen (secondary N) is 1. The molecule has 0 aliphatic heterocycles. The summed E-state index contributed by atoms with van der Waals surface area (Å²) < 4.78 is 0. The summed E-state index contributed by atoms with van der Waals surface area (Å²) in [5.74, 6) is -0.715. The second-order valence-corrected chi connectivity index (χ2v) is 11.8. The summed E-state index contributed by atoms with van der Waals surface area (Å²) in [6, 6.07) is -1.04. The van der Waals surface area contributed by atoms with Gasteiger partial charge in [-0.3, -0.25) is 14.4 Å². The van der Waals surface area contributed by atoms with Crippen LogP contribution < -0.4 is 22.5 Å². The fraction of sp³-hybridized carbons (Fsp3) is 0.909. The largest absolute Gasteiger partial charge is 0.346 e. The van der Waals surface area contributed by atoms with Crippen LogP contribution in [0.5, 0.6) is 0 Å². The van der Waals surface area contributed by atoms with E-state index in [1.807, 2.05) is 6.92 Å². The van der Waals surface area contributed by atoms with Crippen LogP contribution in [0.15, 0.2) is 0 Å². The minimum atomic E-state index is -0.528. The SMILES string of the molecule is CCCCCCCCCCCCCCCCC(N)C(=O)C[C@@H](CCCCN)C(=O)N[C@@H](CCCCN)C(=O)CC. The second-order valence-electron chi connectivity index (χ2n) is 11.8. The first-order valence-corrected chi connectivity index (χ1v) is 16.9. The van der Waals surface area contributed by atoms with Gasteiger partial charge in [0, 0.05) is 18.8 Å². The maximum atomic E-state index is 13.1. The van der Waals surface area contributed by atoms with E-state index in [0.717, 1.165) is 38.5 Å². The lowest BCUT2D eigenvalue weighted by Gasteiger charge is -2.22. The van der Waals surface area contributed by atoms with Gasteiger partial charge in [-0.2, -0.15) is 0 Å². The summed E-state index contributed by atoms with van der Waals surface area (Å²) in [6.07, 6.45) is 23.6. The molecule has 0 heterocycles. The molecule has 0 aromatic rings. The molecule has 7 N–H and O–H groups in total. The molecule has 0 aliphatic carbocycles. The summed E-state index contributed by atoms with van der Waals surface area (Å²) >= 11 is 0. The van der Waals surface area contributed by atoms with Crippen molar-refractivity contribution in [2.45, 2.75) is 174 Å². The Morgan fingerprint density at radius 2 is 1.02 bits per heavy atom. The molecule has 0 fully saturated rings. The van der Waals surface area contributed by atoms with Crippen LogP contribution in [-0.4, -0.2) is 42.6 Å². The van der Waals surface area contributed by atoms with Gasteiger partial charge in [-0.25, -0.2) is 0 Å². The monoisotopic (exact) mass is 567 g/mol. The molecule has 7 heteroatoms. The summed E-state index contributed by atoms with van der Waals surface area (Å²) in [5, 5.41) is 2.94. The van der Waals surface area contributed by atoms with Crippen LogP contribution >= 0.6 is 0 Å². The van der Waals surface area contributed by atoms with Crippen LogP contribution in [0.1, 0.15) is 162 Å². The Hall–Kier alpha value is -1.31. The normalized spacial score (nSPS) is 13.6. The summed E-state index contributed by atoms with van der Waals surface area (Å²) in [6.45, 7) is 5.19. The van der Waals surface area contributed by atoms with Gasteiger partial charge in [-0.05, 0) is 51.6 Å². The van der Waals surface area contributed by atoms with E-state index in [-0.39, 0.29) is 23.9 Å². The molecule has 3 atom stereocenters. The molecular weight excluding hydrogens is 500 g/mol. The number of carbonyl (C=O) groups excluding carboxylic acids is 3. The average molecular weight is 567 g/mol. The standard InChI is InChI=1S/C33H66N4O3/c1-3-5-6-7-8-9-10-11-12-13-14-15-16-17-23-29(36)32(39)27-28(22-18-20-25-34)33(40)37-30(31(38)4-2)24-19-21-26-35/h28-30H,3-27,34-36H2,1-2H3,(H,37,40)/t28-,29?,30+/m1/s1. The first-order chi connectivity index (χ1) is 19.4. The lowest BCUT2D eigenvalue weighted by Crippen LogP contribution is -2.45. The minimum Gasteiger partial charge on any atom is -0.346 e. The van der Waals surface area contributed by atoms with Gasteiger partial charge in [0.15, 0.2) is 5.78 Å². The molecule has 0 spiro atoms. The zero-order chi connectivity index (χ0) is 29.8. The lowest BCUT2D eigenvalue weighted by atomic mass is 9.90. The van der Waals surface area contributed by atoms with E-state index in [9.17, 15) is 14.4 Å². The predicted molar refractivity (Wildman–Crippen MR) is 169 cm³/mol. The van der Waals surface area contributed by atoms with Gasteiger partial charge in [0.2, 0.25) is 5.91 Å². The Morgan fingerprint density at radius 1 is 0.575 bits per heavy atom. The molecule has 7 nitrogen and oxygen atoms in total. The molecule has 0 saturated heterocycles. The number of amides is 1. The van der Waals surface area contributed by atoms with Crippen LogP contribution in [0, 0.1) is 5.92 Å². The first kappa shape index (κ1) is 38.7. The highest BCUT2D eigenvalue weighted by molar-refractivity contribution is 5.92. The smallest absolute Gasteiger partial charge is 0.224 e. The highest BCUT2D eigenvalue weighted by Gasteiger charge is 2.27. The Morgan fingerprint density at radius 3 is 1.50 bits per heavy atom. The molecule has 0 aromatic carbocycles. The fourth-order valence-corrected chi connectivity index (χ4v) is 5.32. The third-order valence-electron chi connectivity index (χ3n) is 8.11. The molecule has 0 saturated carbocycles. The first-order valence-electron chi connectivity index (χ1n) is 16.9. The van der Waals surface area contributed by atoms with Gasteiger partial charge in [-0.15, -0.1) is 0 Å². The third-order valence-corrected chi connectivity index (χ3v) is 8.11. The zero-order valence-electron chi connectivity index (χ0n) is 26.4. The Labute approximate surface area is 246 Å². The molecule has 1 unspecified atom stereocenters. The van der Waals surface area contributed by atoms with Gasteiger partial charge < -0.3 is 22.5 Å². The number of ketones is 2. The van der Waals surface area contributed by atoms with Crippen molar-refractivity contribution in [1.29, 1.82) is 0 Å². The quantitative estimate of drug-likeness (QED) is 0.0733. The third kappa shape index (κ3) is 21.4. The van der Waals surface area contributed by atoms with E-state index < -0.39 is 18.0 Å². The molecule has 0 aromatic heterocycles. The van der Waals surface area contributed by atoms with Crippen molar-refractivity contribution >= 4 is 17.5 Å². The van der Waals surface area contributed by atoms with Crippen molar-refractivity contribution in [3.8, 4) is 0 Å². The van der Waals surface area contributed by atoms with Crippen LogP contribution in [0.3, 0.4) is 0 Å². The van der Waals surface area contributed by atoms with Crippen LogP contribution in [-0.2, 0) is 14.4 Å². The summed E-state index contributed by atoms with van der Waals surface area (Å²) in [4.78, 5) is 38.5. The zero-order valence-corrected chi connectivity index (χ0v) is 26.4. The van der Waals surface area contributed by atoms with Gasteiger partial charge in [0.25, 0.3) is 0 Å². The van der Waals surface area contributed by atoms with Crippen molar-refractivity contribution in [2.75, 3.05) is 13.1 Å². The predicted octanol–water partition coefficient (Wildman–Crippen LogP) is 6.48. The number of hydrogen-bond donors (Lipinski definition) is 4. The van der Waals surface area contributed by atoms with Crippen LogP contribution in [0.2, 0.25) is 0 Å². The van der Waals surface area contributed by atoms with Crippen LogP contribution in [0.4, 0.5) is 0 Å². The highest BCUT2D eigenvalue weighted by Crippen LogP contribution is 2.18. The average Bonchev–Trinajstić information content (AvgIpc) is 2.95. The van der Waals surface area contributed by atoms with E-state index in [2.05, 4.69) is 12.2 Å². The molecule has 1 amide bonds. The topological polar surface area (TPSA) is 141 Å². The molecule has 0 aliphatic rings. The Bertz CT molecular complexity index is 629. The summed E-state index contributed by atoms with van der Waals surface area (Å²) in [5.41, 5.74) is 17.5. The fourth-order valence-electron chi connectivity index (χ4n) is 5.32. The molecular formula is C33H66N4O3. The number of unbranched alkanes of at least 4 members (excludes halogenated alkanes) is 15. The molecule has 40 heavy (non-hydrogen) atoms. The van der Waals surface area contributed by atoms with Gasteiger partial charge >= 0.3 is 0 Å². The Kier molecular flexibility index (Phi) is 26.9. The van der Waals surface area contributed by atoms with E-state index in [1.54, 1.807) is 0 Å². The van der Waals surface area contributed by atoms with Gasteiger partial charge in [0.05, 0.1) is 12.1 Å². The van der Waals surface area contributed by atoms with Crippen LogP contribution in [0.25, 0.3) is 0 Å². The van der Waals surface area contributed by atoms with Crippen molar-refractivity contribution in [3.05, 3.63) is 0 Å².